The predicted molar refractivity (Wildman–Crippen MR) is 86.9 cm³/mol. The quantitative estimate of drug-likeness (QED) is 0.850. The standard InChI is InChI=1S/C15H16BrNO3S/c1-11-10-14(6-7-15(11)16)21(19,20)17-13-4-2-12(3-5-13)8-9-18/h2-7,10,17-18H,8-9H2,1H3. The van der Waals surface area contributed by atoms with Crippen LogP contribution in [0.5, 0.6) is 0 Å². The Hall–Kier alpha value is -1.37. The van der Waals surface area contributed by atoms with Crippen molar-refractivity contribution in [3.05, 3.63) is 58.1 Å². The average molecular weight is 370 g/mol. The van der Waals surface area contributed by atoms with E-state index in [1.165, 1.54) is 0 Å². The molecule has 2 aromatic rings. The zero-order valence-corrected chi connectivity index (χ0v) is 13.9. The van der Waals surface area contributed by atoms with Gasteiger partial charge in [-0.15, -0.1) is 0 Å². The van der Waals surface area contributed by atoms with Crippen molar-refractivity contribution in [1.29, 1.82) is 0 Å². The van der Waals surface area contributed by atoms with Gasteiger partial charge in [0.1, 0.15) is 0 Å². The van der Waals surface area contributed by atoms with E-state index in [0.717, 1.165) is 15.6 Å². The Kier molecular flexibility index (Phi) is 5.03. The number of rotatable bonds is 5. The molecular weight excluding hydrogens is 354 g/mol. The highest BCUT2D eigenvalue weighted by atomic mass is 79.9. The van der Waals surface area contributed by atoms with E-state index in [2.05, 4.69) is 20.7 Å². The summed E-state index contributed by atoms with van der Waals surface area (Å²) in [6.07, 6.45) is 0.555. The van der Waals surface area contributed by atoms with Gasteiger partial charge in [0, 0.05) is 16.8 Å². The van der Waals surface area contributed by atoms with Crippen LogP contribution in [0.1, 0.15) is 11.1 Å². The normalized spacial score (nSPS) is 11.4. The summed E-state index contributed by atoms with van der Waals surface area (Å²) in [6.45, 7) is 1.91. The number of sulfonamides is 1. The van der Waals surface area contributed by atoms with Crippen molar-refractivity contribution in [3.8, 4) is 0 Å². The third-order valence-electron chi connectivity index (χ3n) is 3.05. The third-order valence-corrected chi connectivity index (χ3v) is 5.32. The Labute approximate surface area is 133 Å². The van der Waals surface area contributed by atoms with Crippen LogP contribution in [0.25, 0.3) is 0 Å². The fraction of sp³-hybridized carbons (Fsp3) is 0.200. The number of aliphatic hydroxyl groups is 1. The summed E-state index contributed by atoms with van der Waals surface area (Å²) in [5, 5.41) is 8.86. The highest BCUT2D eigenvalue weighted by Gasteiger charge is 2.14. The molecule has 0 fully saturated rings. The first kappa shape index (κ1) is 16.0. The number of aryl methyl sites for hydroxylation is 1. The molecule has 0 spiro atoms. The fourth-order valence-electron chi connectivity index (χ4n) is 1.87. The summed E-state index contributed by atoms with van der Waals surface area (Å²) in [7, 11) is -3.60. The molecule has 0 saturated heterocycles. The molecule has 0 aliphatic heterocycles. The van der Waals surface area contributed by atoms with E-state index in [1.54, 1.807) is 42.5 Å². The lowest BCUT2D eigenvalue weighted by Gasteiger charge is -2.10. The molecule has 0 atom stereocenters. The molecule has 112 valence electrons. The smallest absolute Gasteiger partial charge is 0.261 e. The maximum absolute atomic E-state index is 12.3. The van der Waals surface area contributed by atoms with Gasteiger partial charge >= 0.3 is 0 Å². The van der Waals surface area contributed by atoms with Crippen molar-refractivity contribution in [1.82, 2.24) is 0 Å². The predicted octanol–water partition coefficient (Wildman–Crippen LogP) is 3.09. The van der Waals surface area contributed by atoms with E-state index < -0.39 is 10.0 Å². The molecular formula is C15H16BrNO3S. The van der Waals surface area contributed by atoms with Gasteiger partial charge in [0.15, 0.2) is 0 Å². The zero-order valence-electron chi connectivity index (χ0n) is 11.5. The van der Waals surface area contributed by atoms with Crippen LogP contribution >= 0.6 is 15.9 Å². The lowest BCUT2D eigenvalue weighted by molar-refractivity contribution is 0.299. The highest BCUT2D eigenvalue weighted by molar-refractivity contribution is 9.10. The number of benzene rings is 2. The van der Waals surface area contributed by atoms with Gasteiger partial charge in [-0.3, -0.25) is 4.72 Å². The molecule has 0 amide bonds. The third kappa shape index (κ3) is 4.06. The van der Waals surface area contributed by atoms with E-state index in [-0.39, 0.29) is 11.5 Å². The second-order valence-corrected chi connectivity index (χ2v) is 7.22. The van der Waals surface area contributed by atoms with Crippen LogP contribution in [0.15, 0.2) is 51.8 Å². The molecule has 0 saturated carbocycles. The summed E-state index contributed by atoms with van der Waals surface area (Å²) >= 11 is 3.35. The summed E-state index contributed by atoms with van der Waals surface area (Å²) in [5.41, 5.74) is 2.31. The molecule has 4 nitrogen and oxygen atoms in total. The van der Waals surface area contributed by atoms with Gasteiger partial charge in [-0.25, -0.2) is 8.42 Å². The van der Waals surface area contributed by atoms with Gasteiger partial charge in [0.25, 0.3) is 10.0 Å². The topological polar surface area (TPSA) is 66.4 Å². The van der Waals surface area contributed by atoms with Crippen LogP contribution in [0, 0.1) is 6.92 Å². The number of halogens is 1. The van der Waals surface area contributed by atoms with Crippen LogP contribution in [-0.2, 0) is 16.4 Å². The number of hydrogen-bond acceptors (Lipinski definition) is 3. The van der Waals surface area contributed by atoms with Gasteiger partial charge < -0.3 is 5.11 Å². The Morgan fingerprint density at radius 1 is 1.14 bits per heavy atom. The second kappa shape index (κ2) is 6.60. The van der Waals surface area contributed by atoms with Crippen molar-refractivity contribution in [3.63, 3.8) is 0 Å². The molecule has 2 rings (SSSR count). The van der Waals surface area contributed by atoms with Gasteiger partial charge in [-0.1, -0.05) is 28.1 Å². The van der Waals surface area contributed by atoms with E-state index in [1.807, 2.05) is 6.92 Å². The SMILES string of the molecule is Cc1cc(S(=O)(=O)Nc2ccc(CCO)cc2)ccc1Br. The van der Waals surface area contributed by atoms with Crippen LogP contribution in [0.3, 0.4) is 0 Å². The molecule has 0 aromatic heterocycles. The Bertz CT molecular complexity index is 727. The fourth-order valence-corrected chi connectivity index (χ4v) is 3.26. The molecule has 0 unspecified atom stereocenters. The minimum Gasteiger partial charge on any atom is -0.396 e. The zero-order chi connectivity index (χ0) is 15.5. The molecule has 2 N–H and O–H groups in total. The van der Waals surface area contributed by atoms with E-state index in [0.29, 0.717) is 12.1 Å². The minimum absolute atomic E-state index is 0.0727. The molecule has 0 heterocycles. The van der Waals surface area contributed by atoms with E-state index in [9.17, 15) is 8.42 Å². The summed E-state index contributed by atoms with van der Waals surface area (Å²) in [6, 6.07) is 11.9. The molecule has 0 aliphatic rings. The van der Waals surface area contributed by atoms with Crippen molar-refractivity contribution >= 4 is 31.6 Å². The lowest BCUT2D eigenvalue weighted by Crippen LogP contribution is -2.13. The first-order valence-corrected chi connectivity index (χ1v) is 8.69. The number of hydrogen-bond donors (Lipinski definition) is 2. The summed E-state index contributed by atoms with van der Waals surface area (Å²) in [5.74, 6) is 0. The second-order valence-electron chi connectivity index (χ2n) is 4.69. The number of aliphatic hydroxyl groups excluding tert-OH is 1. The molecule has 6 heteroatoms. The van der Waals surface area contributed by atoms with Crippen LogP contribution in [-0.4, -0.2) is 20.1 Å². The van der Waals surface area contributed by atoms with Gasteiger partial charge in [0.05, 0.1) is 4.90 Å². The molecule has 2 aromatic carbocycles. The lowest BCUT2D eigenvalue weighted by atomic mass is 10.1. The van der Waals surface area contributed by atoms with Crippen molar-refractivity contribution in [2.24, 2.45) is 0 Å². The molecule has 0 aliphatic carbocycles. The maximum Gasteiger partial charge on any atom is 0.261 e. The van der Waals surface area contributed by atoms with Gasteiger partial charge in [0.2, 0.25) is 0 Å². The van der Waals surface area contributed by atoms with E-state index >= 15 is 0 Å². The van der Waals surface area contributed by atoms with Crippen LogP contribution < -0.4 is 4.72 Å². The maximum atomic E-state index is 12.3. The summed E-state index contributed by atoms with van der Waals surface area (Å²) < 4.78 is 28.0. The largest absolute Gasteiger partial charge is 0.396 e. The first-order chi connectivity index (χ1) is 9.92. The van der Waals surface area contributed by atoms with Crippen molar-refractivity contribution in [2.45, 2.75) is 18.2 Å². The van der Waals surface area contributed by atoms with Crippen LogP contribution in [0.2, 0.25) is 0 Å². The summed E-state index contributed by atoms with van der Waals surface area (Å²) in [4.78, 5) is 0.225. The Morgan fingerprint density at radius 2 is 1.81 bits per heavy atom. The highest BCUT2D eigenvalue weighted by Crippen LogP contribution is 2.22. The molecule has 0 bridgehead atoms. The minimum atomic E-state index is -3.60. The van der Waals surface area contributed by atoms with Crippen molar-refractivity contribution in [2.75, 3.05) is 11.3 Å². The number of anilines is 1. The monoisotopic (exact) mass is 369 g/mol. The first-order valence-electron chi connectivity index (χ1n) is 6.41. The number of nitrogens with one attached hydrogen (secondary N) is 1. The van der Waals surface area contributed by atoms with Crippen LogP contribution in [0.4, 0.5) is 5.69 Å². The average Bonchev–Trinajstić information content (AvgIpc) is 2.44. The van der Waals surface area contributed by atoms with E-state index in [4.69, 9.17) is 5.11 Å². The molecule has 21 heavy (non-hydrogen) atoms. The molecule has 0 radical (unpaired) electrons. The van der Waals surface area contributed by atoms with Crippen molar-refractivity contribution < 1.29 is 13.5 Å². The Morgan fingerprint density at radius 3 is 2.38 bits per heavy atom. The van der Waals surface area contributed by atoms with Gasteiger partial charge in [-0.05, 0) is 54.8 Å². The Balaban J connectivity index is 2.22. The van der Waals surface area contributed by atoms with Gasteiger partial charge in [-0.2, -0.15) is 0 Å².